The van der Waals surface area contributed by atoms with Crippen LogP contribution in [0, 0.1) is 0 Å². The molecular formula is C10H14N2OS. The molecule has 2 rings (SSSR count). The summed E-state index contributed by atoms with van der Waals surface area (Å²) in [5.74, 6) is 1.48. The minimum absolute atomic E-state index is 0.233. The highest BCUT2D eigenvalue weighted by molar-refractivity contribution is 8.00. The summed E-state index contributed by atoms with van der Waals surface area (Å²) >= 11 is 1.79. The summed E-state index contributed by atoms with van der Waals surface area (Å²) in [6.45, 7) is 0. The fourth-order valence-electron chi connectivity index (χ4n) is 1.68. The van der Waals surface area contributed by atoms with E-state index in [2.05, 4.69) is 5.10 Å². The summed E-state index contributed by atoms with van der Waals surface area (Å²) < 4.78 is 1.74. The summed E-state index contributed by atoms with van der Waals surface area (Å²) in [5, 5.41) is 4.44. The Labute approximate surface area is 87.9 Å². The molecule has 14 heavy (non-hydrogen) atoms. The van der Waals surface area contributed by atoms with Gasteiger partial charge in [-0.3, -0.25) is 9.48 Å². The largest absolute Gasteiger partial charge is 0.298 e. The lowest BCUT2D eigenvalue weighted by Crippen LogP contribution is -2.16. The van der Waals surface area contributed by atoms with Gasteiger partial charge < -0.3 is 0 Å². The molecule has 1 unspecified atom stereocenters. The molecule has 0 aliphatic carbocycles. The van der Waals surface area contributed by atoms with Crippen molar-refractivity contribution in [2.75, 3.05) is 5.75 Å². The van der Waals surface area contributed by atoms with Crippen LogP contribution in [0.3, 0.4) is 0 Å². The molecule has 1 aromatic heterocycles. The Kier molecular flexibility index (Phi) is 2.91. The van der Waals surface area contributed by atoms with E-state index in [9.17, 15) is 4.79 Å². The van der Waals surface area contributed by atoms with Gasteiger partial charge in [-0.15, -0.1) is 0 Å². The van der Waals surface area contributed by atoms with Crippen LogP contribution in [0.1, 0.15) is 18.5 Å². The van der Waals surface area contributed by atoms with Crippen LogP contribution in [0.4, 0.5) is 0 Å². The van der Waals surface area contributed by atoms with E-state index in [1.165, 1.54) is 6.42 Å². The quantitative estimate of drug-likeness (QED) is 0.757. The molecule has 0 bridgehead atoms. The van der Waals surface area contributed by atoms with Crippen LogP contribution >= 0.6 is 11.8 Å². The van der Waals surface area contributed by atoms with Crippen molar-refractivity contribution in [3.05, 3.63) is 18.0 Å². The molecule has 0 radical (unpaired) electrons. The van der Waals surface area contributed by atoms with Gasteiger partial charge in [-0.25, -0.2) is 0 Å². The van der Waals surface area contributed by atoms with Crippen molar-refractivity contribution in [2.45, 2.75) is 24.5 Å². The van der Waals surface area contributed by atoms with Gasteiger partial charge >= 0.3 is 0 Å². The van der Waals surface area contributed by atoms with Gasteiger partial charge in [0.25, 0.3) is 0 Å². The molecule has 1 saturated heterocycles. The van der Waals surface area contributed by atoms with Crippen LogP contribution in [0.2, 0.25) is 0 Å². The predicted octanol–water partition coefficient (Wildman–Crippen LogP) is 1.43. The van der Waals surface area contributed by atoms with Gasteiger partial charge in [0, 0.05) is 13.2 Å². The number of ketones is 1. The molecule has 1 fully saturated rings. The van der Waals surface area contributed by atoms with Crippen LogP contribution in [0.15, 0.2) is 12.3 Å². The van der Waals surface area contributed by atoms with Crippen molar-refractivity contribution in [2.24, 2.45) is 7.05 Å². The molecular weight excluding hydrogens is 196 g/mol. The highest BCUT2D eigenvalue weighted by Gasteiger charge is 2.23. The van der Waals surface area contributed by atoms with Crippen molar-refractivity contribution in [3.63, 3.8) is 0 Å². The lowest BCUT2D eigenvalue weighted by molar-refractivity contribution is -0.118. The van der Waals surface area contributed by atoms with Crippen LogP contribution in [-0.2, 0) is 18.3 Å². The Balaban J connectivity index is 1.93. The van der Waals surface area contributed by atoms with Gasteiger partial charge in [0.2, 0.25) is 0 Å². The third-order valence-electron chi connectivity index (χ3n) is 2.41. The average molecular weight is 210 g/mol. The molecule has 0 N–H and O–H groups in total. The zero-order chi connectivity index (χ0) is 9.97. The highest BCUT2D eigenvalue weighted by atomic mass is 32.2. The van der Waals surface area contributed by atoms with Gasteiger partial charge in [0.05, 0.1) is 17.4 Å². The Hall–Kier alpha value is -0.770. The summed E-state index contributed by atoms with van der Waals surface area (Å²) in [4.78, 5) is 11.8. The second-order valence-electron chi connectivity index (χ2n) is 3.63. The van der Waals surface area contributed by atoms with Crippen LogP contribution in [0.25, 0.3) is 0 Å². The second kappa shape index (κ2) is 4.17. The molecule has 76 valence electrons. The van der Waals surface area contributed by atoms with E-state index in [4.69, 9.17) is 0 Å². The molecule has 0 aromatic carbocycles. The SMILES string of the molecule is Cn1ccc(CC(=O)C2CCCS2)n1. The Morgan fingerprint density at radius 3 is 3.21 bits per heavy atom. The smallest absolute Gasteiger partial charge is 0.151 e. The third kappa shape index (κ3) is 2.18. The zero-order valence-electron chi connectivity index (χ0n) is 8.27. The standard InChI is InChI=1S/C10H14N2OS/c1-12-5-4-8(11-12)7-9(13)10-3-2-6-14-10/h4-5,10H,2-3,6-7H2,1H3. The molecule has 4 heteroatoms. The number of hydrogen-bond acceptors (Lipinski definition) is 3. The maximum atomic E-state index is 11.8. The number of carbonyl (C=O) groups is 1. The van der Waals surface area contributed by atoms with Crippen molar-refractivity contribution < 1.29 is 4.79 Å². The molecule has 1 aromatic rings. The number of hydrogen-bond donors (Lipinski definition) is 0. The first-order chi connectivity index (χ1) is 6.75. The van der Waals surface area contributed by atoms with Gasteiger partial charge in [-0.2, -0.15) is 16.9 Å². The Morgan fingerprint density at radius 2 is 2.64 bits per heavy atom. The molecule has 1 atom stereocenters. The minimum Gasteiger partial charge on any atom is -0.298 e. The van der Waals surface area contributed by atoms with Gasteiger partial charge in [0.15, 0.2) is 5.78 Å². The normalized spacial score (nSPS) is 21.4. The number of thioether (sulfide) groups is 1. The topological polar surface area (TPSA) is 34.9 Å². The molecule has 1 aliphatic rings. The average Bonchev–Trinajstić information content (AvgIpc) is 2.75. The maximum Gasteiger partial charge on any atom is 0.151 e. The molecule has 0 spiro atoms. The van der Waals surface area contributed by atoms with E-state index in [0.717, 1.165) is 17.9 Å². The first-order valence-corrected chi connectivity index (χ1v) is 5.93. The summed E-state index contributed by atoms with van der Waals surface area (Å²) in [5.41, 5.74) is 0.894. The van der Waals surface area contributed by atoms with E-state index >= 15 is 0 Å². The second-order valence-corrected chi connectivity index (χ2v) is 4.94. The minimum atomic E-state index is 0.233. The van der Waals surface area contributed by atoms with Crippen molar-refractivity contribution in [1.29, 1.82) is 0 Å². The van der Waals surface area contributed by atoms with Crippen LogP contribution in [0.5, 0.6) is 0 Å². The molecule has 0 saturated carbocycles. The lowest BCUT2D eigenvalue weighted by Gasteiger charge is -2.04. The van der Waals surface area contributed by atoms with Gasteiger partial charge in [-0.1, -0.05) is 0 Å². The number of aryl methyl sites for hydroxylation is 1. The van der Waals surface area contributed by atoms with Gasteiger partial charge in [0.1, 0.15) is 0 Å². The predicted molar refractivity (Wildman–Crippen MR) is 57.4 cm³/mol. The van der Waals surface area contributed by atoms with Gasteiger partial charge in [-0.05, 0) is 24.7 Å². The van der Waals surface area contributed by atoms with E-state index in [-0.39, 0.29) is 5.25 Å². The summed E-state index contributed by atoms with van der Waals surface area (Å²) in [6.07, 6.45) is 4.61. The molecule has 2 heterocycles. The fraction of sp³-hybridized carbons (Fsp3) is 0.600. The first kappa shape index (κ1) is 9.77. The van der Waals surface area contributed by atoms with Crippen LogP contribution in [-0.4, -0.2) is 26.6 Å². The Bertz CT molecular complexity index is 329. The number of Topliss-reactive ketones (excluding diaryl/α,β-unsaturated/α-hetero) is 1. The van der Waals surface area contributed by atoms with E-state index in [1.54, 1.807) is 16.4 Å². The lowest BCUT2D eigenvalue weighted by atomic mass is 10.1. The van der Waals surface area contributed by atoms with Crippen molar-refractivity contribution in [1.82, 2.24) is 9.78 Å². The molecule has 0 amide bonds. The van der Waals surface area contributed by atoms with Crippen molar-refractivity contribution in [3.8, 4) is 0 Å². The summed E-state index contributed by atoms with van der Waals surface area (Å²) in [7, 11) is 1.87. The number of rotatable bonds is 3. The number of aromatic nitrogens is 2. The summed E-state index contributed by atoms with van der Waals surface area (Å²) in [6, 6.07) is 1.91. The van der Waals surface area contributed by atoms with Crippen LogP contribution < -0.4 is 0 Å². The highest BCUT2D eigenvalue weighted by Crippen LogP contribution is 2.27. The Morgan fingerprint density at radius 1 is 1.79 bits per heavy atom. The van der Waals surface area contributed by atoms with E-state index in [0.29, 0.717) is 12.2 Å². The zero-order valence-corrected chi connectivity index (χ0v) is 9.09. The molecule has 1 aliphatic heterocycles. The first-order valence-electron chi connectivity index (χ1n) is 4.88. The maximum absolute atomic E-state index is 11.8. The van der Waals surface area contributed by atoms with Crippen molar-refractivity contribution >= 4 is 17.5 Å². The number of nitrogens with zero attached hydrogens (tertiary/aromatic N) is 2. The molecule has 3 nitrogen and oxygen atoms in total. The number of carbonyl (C=O) groups excluding carboxylic acids is 1. The van der Waals surface area contributed by atoms with E-state index in [1.807, 2.05) is 19.3 Å². The monoisotopic (exact) mass is 210 g/mol. The van der Waals surface area contributed by atoms with E-state index < -0.39 is 0 Å². The third-order valence-corrected chi connectivity index (χ3v) is 3.84. The fourth-order valence-corrected chi connectivity index (χ4v) is 2.90.